The number of hydrogen-bond donors (Lipinski definition) is 1. The van der Waals surface area contributed by atoms with Crippen molar-refractivity contribution in [1.29, 1.82) is 0 Å². The molecule has 0 unspecified atom stereocenters. The van der Waals surface area contributed by atoms with E-state index in [4.69, 9.17) is 5.11 Å². The number of carboxylic acid groups (broad SMARTS) is 1. The number of fused-ring (bicyclic) bond motifs is 1. The monoisotopic (exact) mass is 301 g/mol. The summed E-state index contributed by atoms with van der Waals surface area (Å²) in [5.74, 6) is 0.306. The molecule has 0 spiro atoms. The zero-order valence-electron chi connectivity index (χ0n) is 10.9. The van der Waals surface area contributed by atoms with Gasteiger partial charge in [0, 0.05) is 11.9 Å². The molecule has 106 valence electrons. The summed E-state index contributed by atoms with van der Waals surface area (Å²) < 4.78 is 1.64. The first-order valence-electron chi connectivity index (χ1n) is 6.20. The largest absolute Gasteiger partial charge is 0.481 e. The van der Waals surface area contributed by atoms with Gasteiger partial charge in [-0.05, 0) is 12.1 Å². The Morgan fingerprint density at radius 3 is 2.95 bits per heavy atom. The molecule has 8 heteroatoms. The zero-order valence-corrected chi connectivity index (χ0v) is 11.7. The summed E-state index contributed by atoms with van der Waals surface area (Å²) in [4.78, 5) is 23.3. The Bertz CT molecular complexity index is 775. The molecule has 0 radical (unpaired) electrons. The van der Waals surface area contributed by atoms with Crippen LogP contribution in [0.4, 0.5) is 0 Å². The first-order chi connectivity index (χ1) is 10.3. The van der Waals surface area contributed by atoms with E-state index in [0.29, 0.717) is 17.2 Å². The van der Waals surface area contributed by atoms with Crippen LogP contribution in [0.3, 0.4) is 0 Å². The fourth-order valence-corrected chi connectivity index (χ4v) is 2.71. The molecule has 0 atom stereocenters. The lowest BCUT2D eigenvalue weighted by Gasteiger charge is -2.02. The van der Waals surface area contributed by atoms with Gasteiger partial charge in [0.2, 0.25) is 0 Å². The Balaban J connectivity index is 1.95. The van der Waals surface area contributed by atoms with E-state index in [1.165, 1.54) is 18.1 Å². The van der Waals surface area contributed by atoms with E-state index in [-0.39, 0.29) is 6.42 Å². The topological polar surface area (TPSA) is 93.8 Å². The number of aliphatic carboxylic acids is 1. The highest BCUT2D eigenvalue weighted by Gasteiger charge is 2.12. The minimum Gasteiger partial charge on any atom is -0.481 e. The average molecular weight is 301 g/mol. The van der Waals surface area contributed by atoms with Gasteiger partial charge in [-0.3, -0.25) is 4.79 Å². The molecule has 21 heavy (non-hydrogen) atoms. The SMILES string of the molecule is O=C(O)CCSc1ncnc2c1cnn2-c1ccccn1. The van der Waals surface area contributed by atoms with Gasteiger partial charge < -0.3 is 5.11 Å². The van der Waals surface area contributed by atoms with Gasteiger partial charge in [-0.25, -0.2) is 15.0 Å². The lowest BCUT2D eigenvalue weighted by atomic mass is 10.4. The highest BCUT2D eigenvalue weighted by atomic mass is 32.2. The molecule has 7 nitrogen and oxygen atoms in total. The Labute approximate surface area is 124 Å². The van der Waals surface area contributed by atoms with Crippen LogP contribution < -0.4 is 0 Å². The van der Waals surface area contributed by atoms with Gasteiger partial charge in [0.25, 0.3) is 0 Å². The van der Waals surface area contributed by atoms with E-state index in [9.17, 15) is 4.79 Å². The van der Waals surface area contributed by atoms with E-state index in [1.807, 2.05) is 18.2 Å². The lowest BCUT2D eigenvalue weighted by molar-refractivity contribution is -0.136. The maximum absolute atomic E-state index is 10.6. The smallest absolute Gasteiger partial charge is 0.304 e. The summed E-state index contributed by atoms with van der Waals surface area (Å²) in [6, 6.07) is 5.54. The molecule has 0 fully saturated rings. The van der Waals surface area contributed by atoms with Gasteiger partial charge in [-0.15, -0.1) is 11.8 Å². The first-order valence-corrected chi connectivity index (χ1v) is 7.19. The minimum absolute atomic E-state index is 0.0878. The minimum atomic E-state index is -0.822. The van der Waals surface area contributed by atoms with Crippen LogP contribution in [-0.2, 0) is 4.79 Å². The fraction of sp³-hybridized carbons (Fsp3) is 0.154. The highest BCUT2D eigenvalue weighted by Crippen LogP contribution is 2.25. The van der Waals surface area contributed by atoms with Crippen molar-refractivity contribution < 1.29 is 9.90 Å². The third kappa shape index (κ3) is 2.84. The molecule has 0 saturated carbocycles. The number of nitrogens with zero attached hydrogens (tertiary/aromatic N) is 5. The average Bonchev–Trinajstić information content (AvgIpc) is 2.92. The van der Waals surface area contributed by atoms with Crippen molar-refractivity contribution in [2.24, 2.45) is 0 Å². The van der Waals surface area contributed by atoms with Crippen molar-refractivity contribution in [2.45, 2.75) is 11.4 Å². The number of carbonyl (C=O) groups is 1. The Morgan fingerprint density at radius 1 is 1.29 bits per heavy atom. The summed E-state index contributed by atoms with van der Waals surface area (Å²) in [5.41, 5.74) is 0.654. The van der Waals surface area contributed by atoms with Crippen LogP contribution in [0.25, 0.3) is 16.9 Å². The molecule has 0 aliphatic heterocycles. The van der Waals surface area contributed by atoms with Crippen LogP contribution in [0.5, 0.6) is 0 Å². The van der Waals surface area contributed by atoms with Crippen molar-refractivity contribution in [3.8, 4) is 5.82 Å². The molecule has 0 amide bonds. The second kappa shape index (κ2) is 5.88. The van der Waals surface area contributed by atoms with Crippen LogP contribution in [0.1, 0.15) is 6.42 Å². The molecule has 0 aliphatic rings. The summed E-state index contributed by atoms with van der Waals surface area (Å²) in [7, 11) is 0. The van der Waals surface area contributed by atoms with Crippen LogP contribution in [0.15, 0.2) is 41.9 Å². The maximum Gasteiger partial charge on any atom is 0.304 e. The van der Waals surface area contributed by atoms with Gasteiger partial charge >= 0.3 is 5.97 Å². The van der Waals surface area contributed by atoms with Crippen LogP contribution in [-0.4, -0.2) is 41.6 Å². The van der Waals surface area contributed by atoms with Gasteiger partial charge in [-0.1, -0.05) is 6.07 Å². The number of thioether (sulfide) groups is 1. The second-order valence-corrected chi connectivity index (χ2v) is 5.24. The van der Waals surface area contributed by atoms with Gasteiger partial charge in [0.05, 0.1) is 18.0 Å². The number of aromatic nitrogens is 5. The molecule has 1 N–H and O–H groups in total. The number of carboxylic acids is 1. The van der Waals surface area contributed by atoms with E-state index >= 15 is 0 Å². The Kier molecular flexibility index (Phi) is 3.78. The predicted molar refractivity (Wildman–Crippen MR) is 77.4 cm³/mol. The van der Waals surface area contributed by atoms with Crippen LogP contribution in [0, 0.1) is 0 Å². The molecule has 0 aliphatic carbocycles. The number of rotatable bonds is 5. The number of hydrogen-bond acceptors (Lipinski definition) is 6. The predicted octanol–water partition coefficient (Wildman–Crippen LogP) is 1.78. The second-order valence-electron chi connectivity index (χ2n) is 4.15. The van der Waals surface area contributed by atoms with Crippen molar-refractivity contribution in [1.82, 2.24) is 24.7 Å². The molecule has 0 bridgehead atoms. The van der Waals surface area contributed by atoms with Crippen molar-refractivity contribution in [2.75, 3.05) is 5.75 Å². The fourth-order valence-electron chi connectivity index (χ4n) is 1.82. The lowest BCUT2D eigenvalue weighted by Crippen LogP contribution is -2.00. The quantitative estimate of drug-likeness (QED) is 0.567. The third-order valence-electron chi connectivity index (χ3n) is 2.75. The number of pyridine rings is 1. The summed E-state index contributed by atoms with van der Waals surface area (Å²) in [6.45, 7) is 0. The summed E-state index contributed by atoms with van der Waals surface area (Å²) in [6.07, 6.45) is 4.90. The first kappa shape index (κ1) is 13.5. The van der Waals surface area contributed by atoms with Gasteiger partial charge in [-0.2, -0.15) is 9.78 Å². The summed E-state index contributed by atoms with van der Waals surface area (Å²) in [5, 5.41) is 14.5. The highest BCUT2D eigenvalue weighted by molar-refractivity contribution is 7.99. The Morgan fingerprint density at radius 2 is 2.19 bits per heavy atom. The molecular formula is C13H11N5O2S. The molecule has 3 aromatic heterocycles. The molecule has 3 heterocycles. The zero-order chi connectivity index (χ0) is 14.7. The third-order valence-corrected chi connectivity index (χ3v) is 3.76. The molecule has 0 saturated heterocycles. The normalized spacial score (nSPS) is 10.9. The van der Waals surface area contributed by atoms with E-state index in [0.717, 1.165) is 10.4 Å². The van der Waals surface area contributed by atoms with Crippen LogP contribution in [0.2, 0.25) is 0 Å². The Hall–Kier alpha value is -2.48. The standard InChI is InChI=1S/C13H11N5O2S/c19-11(20)4-6-21-13-9-7-17-18(12(9)15-8-16-13)10-3-1-2-5-14-10/h1-3,5,7-8H,4,6H2,(H,19,20). The molecule has 3 rings (SSSR count). The molecular weight excluding hydrogens is 290 g/mol. The van der Waals surface area contributed by atoms with Gasteiger partial charge in [0.1, 0.15) is 11.4 Å². The van der Waals surface area contributed by atoms with Crippen molar-refractivity contribution in [3.63, 3.8) is 0 Å². The maximum atomic E-state index is 10.6. The van der Waals surface area contributed by atoms with E-state index < -0.39 is 5.97 Å². The molecule has 0 aromatic carbocycles. The van der Waals surface area contributed by atoms with Gasteiger partial charge in [0.15, 0.2) is 11.5 Å². The molecule has 3 aromatic rings. The van der Waals surface area contributed by atoms with E-state index in [1.54, 1.807) is 17.1 Å². The van der Waals surface area contributed by atoms with Crippen LogP contribution >= 0.6 is 11.8 Å². The van der Waals surface area contributed by atoms with E-state index in [2.05, 4.69) is 20.1 Å². The van der Waals surface area contributed by atoms with Crippen molar-refractivity contribution in [3.05, 3.63) is 36.9 Å². The van der Waals surface area contributed by atoms with Crippen molar-refractivity contribution >= 4 is 28.8 Å². The summed E-state index contributed by atoms with van der Waals surface area (Å²) >= 11 is 1.38.